The molecule has 0 amide bonds. The molecule has 4 N–H and O–H groups in total. The van der Waals surface area contributed by atoms with Crippen LogP contribution in [-0.2, 0) is 0 Å². The first-order valence-electron chi connectivity index (χ1n) is 6.93. The van der Waals surface area contributed by atoms with Crippen LogP contribution in [0.4, 0.5) is 11.4 Å². The predicted molar refractivity (Wildman–Crippen MR) is 77.5 cm³/mol. The Labute approximate surface area is 114 Å². The number of hydrogen-bond donors (Lipinski definition) is 3. The molecule has 1 fully saturated rings. The van der Waals surface area contributed by atoms with Crippen LogP contribution in [0.2, 0.25) is 0 Å². The zero-order valence-corrected chi connectivity index (χ0v) is 11.4. The first kappa shape index (κ1) is 13.7. The lowest BCUT2D eigenvalue weighted by Crippen LogP contribution is -2.26. The average Bonchev–Trinajstić information content (AvgIpc) is 2.86. The molecule has 0 spiro atoms. The summed E-state index contributed by atoms with van der Waals surface area (Å²) in [6, 6.07) is 5.01. The van der Waals surface area contributed by atoms with Crippen molar-refractivity contribution in [2.45, 2.75) is 39.0 Å². The second-order valence-electron chi connectivity index (χ2n) is 5.52. The van der Waals surface area contributed by atoms with Gasteiger partial charge in [0.25, 0.3) is 0 Å². The molecular formula is C15H22N2O2. The highest BCUT2D eigenvalue weighted by Crippen LogP contribution is 2.41. The topological polar surface area (TPSA) is 75.3 Å². The number of carboxylic acid groups (broad SMARTS) is 1. The molecule has 0 heterocycles. The van der Waals surface area contributed by atoms with Gasteiger partial charge in [0.15, 0.2) is 0 Å². The van der Waals surface area contributed by atoms with E-state index in [-0.39, 0.29) is 5.56 Å². The zero-order chi connectivity index (χ0) is 13.9. The molecule has 2 rings (SSSR count). The molecular weight excluding hydrogens is 240 g/mol. The van der Waals surface area contributed by atoms with Gasteiger partial charge < -0.3 is 16.2 Å². The lowest BCUT2D eigenvalue weighted by molar-refractivity contribution is 0.0698. The van der Waals surface area contributed by atoms with Crippen LogP contribution in [-0.4, -0.2) is 17.6 Å². The molecule has 0 aromatic heterocycles. The third-order valence-electron chi connectivity index (χ3n) is 4.34. The maximum atomic E-state index is 11.2. The number of rotatable bonds is 5. The minimum atomic E-state index is -0.938. The molecule has 1 aromatic rings. The van der Waals surface area contributed by atoms with Crippen molar-refractivity contribution in [2.24, 2.45) is 5.41 Å². The third kappa shape index (κ3) is 3.00. The Balaban J connectivity index is 2.13. The SMILES string of the molecule is CCC1(CNc2ccc(N)cc2C(=O)O)CCCC1. The Kier molecular flexibility index (Phi) is 3.98. The van der Waals surface area contributed by atoms with Crippen molar-refractivity contribution in [2.75, 3.05) is 17.6 Å². The summed E-state index contributed by atoms with van der Waals surface area (Å²) in [6.45, 7) is 3.06. The number of nitrogens with one attached hydrogen (secondary N) is 1. The standard InChI is InChI=1S/C15H22N2O2/c1-2-15(7-3-4-8-15)10-17-13-6-5-11(16)9-12(13)14(18)19/h5-6,9,17H,2-4,7-8,10,16H2,1H3,(H,18,19). The molecule has 104 valence electrons. The molecule has 19 heavy (non-hydrogen) atoms. The smallest absolute Gasteiger partial charge is 0.337 e. The molecule has 0 aliphatic heterocycles. The van der Waals surface area contributed by atoms with Crippen molar-refractivity contribution >= 4 is 17.3 Å². The number of aromatic carboxylic acids is 1. The van der Waals surface area contributed by atoms with Crippen molar-refractivity contribution in [3.05, 3.63) is 23.8 Å². The van der Waals surface area contributed by atoms with Gasteiger partial charge in [0.1, 0.15) is 0 Å². The molecule has 1 aromatic carbocycles. The van der Waals surface area contributed by atoms with Crippen LogP contribution in [0.5, 0.6) is 0 Å². The molecule has 1 aliphatic rings. The monoisotopic (exact) mass is 262 g/mol. The molecule has 1 saturated carbocycles. The maximum absolute atomic E-state index is 11.2. The van der Waals surface area contributed by atoms with Crippen LogP contribution in [0.25, 0.3) is 0 Å². The van der Waals surface area contributed by atoms with Crippen molar-refractivity contribution in [1.82, 2.24) is 0 Å². The summed E-state index contributed by atoms with van der Waals surface area (Å²) in [5.74, 6) is -0.938. The summed E-state index contributed by atoms with van der Waals surface area (Å²) in [6.07, 6.45) is 6.16. The quantitative estimate of drug-likeness (QED) is 0.711. The molecule has 0 unspecified atom stereocenters. The fraction of sp³-hybridized carbons (Fsp3) is 0.533. The second kappa shape index (κ2) is 5.51. The van der Waals surface area contributed by atoms with E-state index < -0.39 is 5.97 Å². The lowest BCUT2D eigenvalue weighted by Gasteiger charge is -2.28. The van der Waals surface area contributed by atoms with Gasteiger partial charge in [-0.1, -0.05) is 19.8 Å². The van der Waals surface area contributed by atoms with Crippen molar-refractivity contribution in [3.63, 3.8) is 0 Å². The van der Waals surface area contributed by atoms with E-state index in [0.29, 0.717) is 16.8 Å². The van der Waals surface area contributed by atoms with Gasteiger partial charge in [-0.15, -0.1) is 0 Å². The predicted octanol–water partition coefficient (Wildman–Crippen LogP) is 3.35. The van der Waals surface area contributed by atoms with Gasteiger partial charge >= 0.3 is 5.97 Å². The molecule has 0 bridgehead atoms. The maximum Gasteiger partial charge on any atom is 0.337 e. The van der Waals surface area contributed by atoms with Gasteiger partial charge in [0.2, 0.25) is 0 Å². The van der Waals surface area contributed by atoms with E-state index in [4.69, 9.17) is 5.73 Å². The number of nitrogen functional groups attached to an aromatic ring is 1. The minimum absolute atomic E-state index is 0.254. The number of carbonyl (C=O) groups is 1. The first-order chi connectivity index (χ1) is 9.06. The molecule has 1 aliphatic carbocycles. The Morgan fingerprint density at radius 3 is 2.68 bits per heavy atom. The molecule has 0 atom stereocenters. The van der Waals surface area contributed by atoms with E-state index in [1.165, 1.54) is 31.7 Å². The molecule has 0 radical (unpaired) electrons. The van der Waals surface area contributed by atoms with E-state index >= 15 is 0 Å². The van der Waals surface area contributed by atoms with Crippen molar-refractivity contribution in [3.8, 4) is 0 Å². The van der Waals surface area contributed by atoms with E-state index in [1.54, 1.807) is 12.1 Å². The minimum Gasteiger partial charge on any atom is -0.478 e. The Hall–Kier alpha value is -1.71. The summed E-state index contributed by atoms with van der Waals surface area (Å²) in [5, 5.41) is 12.5. The lowest BCUT2D eigenvalue weighted by atomic mass is 9.83. The average molecular weight is 262 g/mol. The van der Waals surface area contributed by atoms with Gasteiger partial charge in [-0.25, -0.2) is 4.79 Å². The number of carboxylic acids is 1. The molecule has 4 nitrogen and oxygen atoms in total. The fourth-order valence-corrected chi connectivity index (χ4v) is 2.96. The first-order valence-corrected chi connectivity index (χ1v) is 6.93. The third-order valence-corrected chi connectivity index (χ3v) is 4.34. The van der Waals surface area contributed by atoms with Crippen molar-refractivity contribution < 1.29 is 9.90 Å². The fourth-order valence-electron chi connectivity index (χ4n) is 2.96. The van der Waals surface area contributed by atoms with Crippen LogP contribution < -0.4 is 11.1 Å². The summed E-state index contributed by atoms with van der Waals surface area (Å²) in [7, 11) is 0. The summed E-state index contributed by atoms with van der Waals surface area (Å²) in [4.78, 5) is 11.2. The number of hydrogen-bond acceptors (Lipinski definition) is 3. The van der Waals surface area contributed by atoms with Gasteiger partial charge in [0, 0.05) is 17.9 Å². The van der Waals surface area contributed by atoms with Gasteiger partial charge in [0.05, 0.1) is 5.56 Å². The second-order valence-corrected chi connectivity index (χ2v) is 5.52. The Morgan fingerprint density at radius 1 is 1.42 bits per heavy atom. The van der Waals surface area contributed by atoms with E-state index in [2.05, 4.69) is 12.2 Å². The highest BCUT2D eigenvalue weighted by molar-refractivity contribution is 5.95. The summed E-state index contributed by atoms with van der Waals surface area (Å²) in [5.41, 5.74) is 7.38. The number of benzene rings is 1. The largest absolute Gasteiger partial charge is 0.478 e. The van der Waals surface area contributed by atoms with Crippen LogP contribution in [0.3, 0.4) is 0 Å². The van der Waals surface area contributed by atoms with Gasteiger partial charge in [-0.05, 0) is 42.9 Å². The number of anilines is 2. The van der Waals surface area contributed by atoms with E-state index in [0.717, 1.165) is 13.0 Å². The normalized spacial score (nSPS) is 17.3. The van der Waals surface area contributed by atoms with Gasteiger partial charge in [-0.3, -0.25) is 0 Å². The van der Waals surface area contributed by atoms with E-state index in [9.17, 15) is 9.90 Å². The molecule has 0 saturated heterocycles. The van der Waals surface area contributed by atoms with E-state index in [1.807, 2.05) is 0 Å². The van der Waals surface area contributed by atoms with Crippen LogP contribution >= 0.6 is 0 Å². The summed E-state index contributed by atoms with van der Waals surface area (Å²) < 4.78 is 0. The van der Waals surface area contributed by atoms with Gasteiger partial charge in [-0.2, -0.15) is 0 Å². The Morgan fingerprint density at radius 2 is 2.11 bits per heavy atom. The highest BCUT2D eigenvalue weighted by atomic mass is 16.4. The van der Waals surface area contributed by atoms with Crippen molar-refractivity contribution in [1.29, 1.82) is 0 Å². The van der Waals surface area contributed by atoms with Crippen LogP contribution in [0, 0.1) is 5.41 Å². The Bertz CT molecular complexity index is 465. The number of nitrogens with two attached hydrogens (primary N) is 1. The van der Waals surface area contributed by atoms with Crippen LogP contribution in [0.1, 0.15) is 49.4 Å². The summed E-state index contributed by atoms with van der Waals surface area (Å²) >= 11 is 0. The zero-order valence-electron chi connectivity index (χ0n) is 11.4. The molecule has 4 heteroatoms. The van der Waals surface area contributed by atoms with Crippen LogP contribution in [0.15, 0.2) is 18.2 Å². The highest BCUT2D eigenvalue weighted by Gasteiger charge is 2.31.